The van der Waals surface area contributed by atoms with Gasteiger partial charge in [0, 0.05) is 26.7 Å². The predicted molar refractivity (Wildman–Crippen MR) is 190 cm³/mol. The van der Waals surface area contributed by atoms with Crippen molar-refractivity contribution in [2.45, 2.75) is 68.9 Å². The first-order valence-corrected chi connectivity index (χ1v) is 16.5. The quantitative estimate of drug-likeness (QED) is 0.134. The van der Waals surface area contributed by atoms with Crippen molar-refractivity contribution in [1.82, 2.24) is 20.3 Å². The van der Waals surface area contributed by atoms with Gasteiger partial charge in [0.1, 0.15) is 23.5 Å². The van der Waals surface area contributed by atoms with Gasteiger partial charge in [-0.3, -0.25) is 10.1 Å². The van der Waals surface area contributed by atoms with Crippen LogP contribution in [0.25, 0.3) is 11.0 Å². The summed E-state index contributed by atoms with van der Waals surface area (Å²) in [5, 5.41) is 10.1. The fourth-order valence-corrected chi connectivity index (χ4v) is 5.66. The van der Waals surface area contributed by atoms with E-state index >= 15 is 0 Å². The number of carbonyl (C=O) groups excluding carboxylic acids is 2. The molecule has 0 aliphatic heterocycles. The standard InChI is InChI=1S/C37H40N6O4S/c1-22(2)30-18-17-29-33(42-30)38-21-39-34(29)43-31-20-25(35(44)40-23(3)24-8-13-27(46-7)14-9-24)10-19-32(31)48-28-15-11-26(12-16-28)41-36(45)47-37(4,5)6/h8-23H,1-7H3,(H,40,44)(H,41,45)(H,38,39,42,43). The Morgan fingerprint density at radius 2 is 1.60 bits per heavy atom. The summed E-state index contributed by atoms with van der Waals surface area (Å²) in [6.45, 7) is 11.6. The zero-order valence-corrected chi connectivity index (χ0v) is 28.9. The molecule has 1 unspecified atom stereocenters. The number of benzene rings is 3. The lowest BCUT2D eigenvalue weighted by molar-refractivity contribution is 0.0635. The molecule has 0 radical (unpaired) electrons. The van der Waals surface area contributed by atoms with Crippen molar-refractivity contribution < 1.29 is 19.1 Å². The molecule has 48 heavy (non-hydrogen) atoms. The van der Waals surface area contributed by atoms with Crippen LogP contribution in [0.2, 0.25) is 0 Å². The van der Waals surface area contributed by atoms with Crippen LogP contribution in [0.3, 0.4) is 0 Å². The van der Waals surface area contributed by atoms with Crippen LogP contribution in [0.5, 0.6) is 5.75 Å². The van der Waals surface area contributed by atoms with Gasteiger partial charge in [0.25, 0.3) is 5.91 Å². The molecule has 248 valence electrons. The highest BCUT2D eigenvalue weighted by Gasteiger charge is 2.18. The smallest absolute Gasteiger partial charge is 0.412 e. The van der Waals surface area contributed by atoms with Crippen molar-refractivity contribution in [3.63, 3.8) is 0 Å². The van der Waals surface area contributed by atoms with Crippen molar-refractivity contribution in [3.05, 3.63) is 102 Å². The van der Waals surface area contributed by atoms with E-state index in [9.17, 15) is 9.59 Å². The van der Waals surface area contributed by atoms with Crippen molar-refractivity contribution in [3.8, 4) is 5.75 Å². The maximum atomic E-state index is 13.5. The molecule has 2 amide bonds. The van der Waals surface area contributed by atoms with Crippen molar-refractivity contribution in [2.75, 3.05) is 17.7 Å². The van der Waals surface area contributed by atoms with Gasteiger partial charge >= 0.3 is 6.09 Å². The minimum absolute atomic E-state index is 0.216. The maximum Gasteiger partial charge on any atom is 0.412 e. The van der Waals surface area contributed by atoms with E-state index in [1.807, 2.05) is 100 Å². The zero-order valence-electron chi connectivity index (χ0n) is 28.1. The first kappa shape index (κ1) is 34.2. The first-order chi connectivity index (χ1) is 22.9. The molecular weight excluding hydrogens is 625 g/mol. The number of hydrogen-bond donors (Lipinski definition) is 3. The van der Waals surface area contributed by atoms with Gasteiger partial charge in [0.05, 0.1) is 24.2 Å². The van der Waals surface area contributed by atoms with Crippen LogP contribution < -0.4 is 20.7 Å². The Morgan fingerprint density at radius 1 is 0.875 bits per heavy atom. The van der Waals surface area contributed by atoms with E-state index < -0.39 is 11.7 Å². The molecule has 0 aliphatic rings. The van der Waals surface area contributed by atoms with E-state index in [4.69, 9.17) is 14.5 Å². The summed E-state index contributed by atoms with van der Waals surface area (Å²) < 4.78 is 10.6. The third-order valence-electron chi connectivity index (χ3n) is 7.30. The van der Waals surface area contributed by atoms with Gasteiger partial charge < -0.3 is 20.1 Å². The average Bonchev–Trinajstić information content (AvgIpc) is 3.05. The molecule has 5 rings (SSSR count). The highest BCUT2D eigenvalue weighted by Crippen LogP contribution is 2.37. The molecule has 0 saturated carbocycles. The molecule has 11 heteroatoms. The van der Waals surface area contributed by atoms with Crippen LogP contribution >= 0.6 is 11.8 Å². The number of rotatable bonds is 10. The average molecular weight is 665 g/mol. The summed E-state index contributed by atoms with van der Waals surface area (Å²) in [6, 6.07) is 24.3. The summed E-state index contributed by atoms with van der Waals surface area (Å²) in [5.41, 5.74) is 3.68. The number of ether oxygens (including phenoxy) is 2. The van der Waals surface area contributed by atoms with E-state index in [1.165, 1.54) is 18.1 Å². The van der Waals surface area contributed by atoms with Crippen molar-refractivity contribution >= 4 is 52.0 Å². The lowest BCUT2D eigenvalue weighted by Gasteiger charge is -2.19. The molecule has 3 N–H and O–H groups in total. The Kier molecular flexibility index (Phi) is 10.5. The molecule has 3 aromatic carbocycles. The van der Waals surface area contributed by atoms with Crippen LogP contribution in [0.4, 0.5) is 22.0 Å². The highest BCUT2D eigenvalue weighted by molar-refractivity contribution is 7.99. The van der Waals surface area contributed by atoms with Crippen LogP contribution in [0.15, 0.2) is 95.0 Å². The van der Waals surface area contributed by atoms with Gasteiger partial charge in [0.15, 0.2) is 5.65 Å². The molecule has 0 spiro atoms. The lowest BCUT2D eigenvalue weighted by Crippen LogP contribution is -2.27. The maximum absolute atomic E-state index is 13.5. The van der Waals surface area contributed by atoms with Crippen LogP contribution in [-0.4, -0.2) is 39.7 Å². The Labute approximate surface area is 285 Å². The number of nitrogens with zero attached hydrogens (tertiary/aromatic N) is 3. The molecule has 2 aromatic heterocycles. The Balaban J connectivity index is 1.43. The monoisotopic (exact) mass is 664 g/mol. The summed E-state index contributed by atoms with van der Waals surface area (Å²) >= 11 is 1.51. The van der Waals surface area contributed by atoms with E-state index in [0.29, 0.717) is 28.4 Å². The van der Waals surface area contributed by atoms with Gasteiger partial charge in [-0.1, -0.05) is 37.7 Å². The molecule has 0 aliphatic carbocycles. The normalized spacial score (nSPS) is 12.0. The number of aromatic nitrogens is 3. The second kappa shape index (κ2) is 14.7. The summed E-state index contributed by atoms with van der Waals surface area (Å²) in [6.07, 6.45) is 0.967. The fraction of sp³-hybridized carbons (Fsp3) is 0.270. The summed E-state index contributed by atoms with van der Waals surface area (Å²) in [5.74, 6) is 1.37. The minimum Gasteiger partial charge on any atom is -0.497 e. The number of nitrogens with one attached hydrogen (secondary N) is 3. The Hall–Kier alpha value is -5.16. The Bertz CT molecular complexity index is 1910. The molecule has 10 nitrogen and oxygen atoms in total. The van der Waals surface area contributed by atoms with Crippen LogP contribution in [-0.2, 0) is 4.74 Å². The number of hydrogen-bond acceptors (Lipinski definition) is 9. The van der Waals surface area contributed by atoms with Crippen molar-refractivity contribution in [2.24, 2.45) is 0 Å². The van der Waals surface area contributed by atoms with E-state index in [-0.39, 0.29) is 17.9 Å². The summed E-state index contributed by atoms with van der Waals surface area (Å²) in [7, 11) is 1.62. The van der Waals surface area contributed by atoms with Gasteiger partial charge in [-0.25, -0.2) is 19.7 Å². The molecule has 0 bridgehead atoms. The predicted octanol–water partition coefficient (Wildman–Crippen LogP) is 8.89. The molecule has 2 heterocycles. The van der Waals surface area contributed by atoms with Crippen LogP contribution in [0, 0.1) is 0 Å². The topological polar surface area (TPSA) is 127 Å². The molecule has 1 atom stereocenters. The third-order valence-corrected chi connectivity index (χ3v) is 8.38. The molecule has 0 saturated heterocycles. The highest BCUT2D eigenvalue weighted by atomic mass is 32.2. The second-order valence-corrected chi connectivity index (χ2v) is 13.7. The number of carbonyl (C=O) groups is 2. The number of methoxy groups -OCH3 is 1. The van der Waals surface area contributed by atoms with Gasteiger partial charge in [-0.05, 0) is 106 Å². The number of fused-ring (bicyclic) bond motifs is 1. The largest absolute Gasteiger partial charge is 0.497 e. The lowest BCUT2D eigenvalue weighted by atomic mass is 10.1. The van der Waals surface area contributed by atoms with Gasteiger partial charge in [-0.2, -0.15) is 0 Å². The fourth-order valence-electron chi connectivity index (χ4n) is 4.77. The van der Waals surface area contributed by atoms with E-state index in [2.05, 4.69) is 39.8 Å². The number of anilines is 3. The SMILES string of the molecule is COc1ccc(C(C)NC(=O)c2ccc(Sc3ccc(NC(=O)OC(C)(C)C)cc3)c(Nc3ncnc4nc(C(C)C)ccc34)c2)cc1. The molecule has 5 aromatic rings. The first-order valence-electron chi connectivity index (χ1n) is 15.6. The summed E-state index contributed by atoms with van der Waals surface area (Å²) in [4.78, 5) is 41.2. The van der Waals surface area contributed by atoms with E-state index in [1.54, 1.807) is 13.2 Å². The zero-order chi connectivity index (χ0) is 34.4. The number of amides is 2. The van der Waals surface area contributed by atoms with E-state index in [0.717, 1.165) is 32.2 Å². The van der Waals surface area contributed by atoms with Crippen molar-refractivity contribution in [1.29, 1.82) is 0 Å². The second-order valence-electron chi connectivity index (χ2n) is 12.5. The minimum atomic E-state index is -0.595. The molecule has 0 fully saturated rings. The van der Waals surface area contributed by atoms with Gasteiger partial charge in [0.2, 0.25) is 0 Å². The third kappa shape index (κ3) is 8.80. The van der Waals surface area contributed by atoms with Gasteiger partial charge in [-0.15, -0.1) is 0 Å². The number of pyridine rings is 1. The Morgan fingerprint density at radius 3 is 2.27 bits per heavy atom. The molecular formula is C37H40N6O4S. The van der Waals surface area contributed by atoms with Crippen LogP contribution in [0.1, 0.15) is 75.1 Å².